The van der Waals surface area contributed by atoms with Gasteiger partial charge < -0.3 is 49.1 Å². The third kappa shape index (κ3) is 12.5. The predicted molar refractivity (Wildman–Crippen MR) is 141 cm³/mol. The highest BCUT2D eigenvalue weighted by molar-refractivity contribution is 5.94. The number of aliphatic hydroxyl groups excluding tert-OH is 1. The van der Waals surface area contributed by atoms with Crippen LogP contribution in [-0.2, 0) is 25.6 Å². The standard InChI is InChI=1S/C24H40N8O6/c25-11-5-4-10-17(30-20(34)16(26)9-6-12-29-24(27)28)21(35)32-19(14-33)22(36)31-18(23(37)38)13-15-7-2-1-3-8-15/h1-3,7-8,16-19,33H,4-6,9-14,25-26H2,(H,30,34)(H,31,36)(H,32,35)(H,37,38)(H4,27,28,29). The molecule has 1 rings (SSSR count). The van der Waals surface area contributed by atoms with Crippen molar-refractivity contribution in [3.8, 4) is 0 Å². The van der Waals surface area contributed by atoms with Crippen LogP contribution in [0, 0.1) is 0 Å². The first-order valence-corrected chi connectivity index (χ1v) is 12.4. The Morgan fingerprint density at radius 2 is 1.45 bits per heavy atom. The number of hydrogen-bond donors (Lipinski definition) is 9. The Morgan fingerprint density at radius 1 is 0.842 bits per heavy atom. The van der Waals surface area contributed by atoms with Gasteiger partial charge in [-0.1, -0.05) is 30.3 Å². The summed E-state index contributed by atoms with van der Waals surface area (Å²) in [6.45, 7) is -0.117. The molecule has 0 saturated heterocycles. The molecule has 0 aliphatic heterocycles. The van der Waals surface area contributed by atoms with E-state index in [1.54, 1.807) is 30.3 Å². The van der Waals surface area contributed by atoms with Crippen molar-refractivity contribution in [2.45, 2.75) is 62.7 Å². The minimum absolute atomic E-state index is 0.00680. The Bertz CT molecular complexity index is 926. The van der Waals surface area contributed by atoms with Crippen molar-refractivity contribution in [3.05, 3.63) is 35.9 Å². The first-order chi connectivity index (χ1) is 18.1. The fraction of sp³-hybridized carbons (Fsp3) is 0.542. The Hall–Kier alpha value is -3.75. The van der Waals surface area contributed by atoms with E-state index in [2.05, 4.69) is 20.9 Å². The van der Waals surface area contributed by atoms with E-state index in [0.717, 1.165) is 0 Å². The van der Waals surface area contributed by atoms with Crippen LogP contribution in [0.1, 0.15) is 37.7 Å². The van der Waals surface area contributed by atoms with Gasteiger partial charge in [0.25, 0.3) is 0 Å². The molecule has 1 aromatic rings. The average molecular weight is 537 g/mol. The number of aliphatic imine (C=N–C) groups is 1. The number of carboxylic acid groups (broad SMARTS) is 1. The SMILES string of the molecule is NCCCCC(NC(=O)C(N)CCCN=C(N)N)C(=O)NC(CO)C(=O)NC(Cc1ccccc1)C(=O)O. The van der Waals surface area contributed by atoms with Crippen molar-refractivity contribution in [3.63, 3.8) is 0 Å². The molecule has 14 nitrogen and oxygen atoms in total. The number of aliphatic hydroxyl groups is 1. The number of nitrogens with zero attached hydrogens (tertiary/aromatic N) is 1. The van der Waals surface area contributed by atoms with E-state index in [9.17, 15) is 29.4 Å². The molecule has 0 aromatic heterocycles. The lowest BCUT2D eigenvalue weighted by Gasteiger charge is -2.24. The Labute approximate surface area is 221 Å². The largest absolute Gasteiger partial charge is 0.480 e. The van der Waals surface area contributed by atoms with Gasteiger partial charge in [0.1, 0.15) is 18.1 Å². The van der Waals surface area contributed by atoms with Crippen molar-refractivity contribution in [1.82, 2.24) is 16.0 Å². The van der Waals surface area contributed by atoms with Gasteiger partial charge in [0.15, 0.2) is 5.96 Å². The molecule has 0 bridgehead atoms. The number of nitrogens with two attached hydrogens (primary N) is 4. The number of aliphatic carboxylic acids is 1. The van der Waals surface area contributed by atoms with Gasteiger partial charge in [0.2, 0.25) is 17.7 Å². The molecule has 0 spiro atoms. The summed E-state index contributed by atoms with van der Waals surface area (Å²) in [5, 5.41) is 26.6. The van der Waals surface area contributed by atoms with Crippen molar-refractivity contribution >= 4 is 29.7 Å². The molecule has 13 N–H and O–H groups in total. The van der Waals surface area contributed by atoms with Gasteiger partial charge in [-0.15, -0.1) is 0 Å². The molecular formula is C24H40N8O6. The molecule has 4 unspecified atom stereocenters. The molecule has 212 valence electrons. The molecule has 0 heterocycles. The van der Waals surface area contributed by atoms with Gasteiger partial charge in [0.05, 0.1) is 12.6 Å². The first-order valence-electron chi connectivity index (χ1n) is 12.4. The molecule has 0 aliphatic rings. The number of unbranched alkanes of at least 4 members (excludes halogenated alkanes) is 1. The van der Waals surface area contributed by atoms with Crippen LogP contribution in [0.15, 0.2) is 35.3 Å². The molecule has 38 heavy (non-hydrogen) atoms. The molecule has 14 heteroatoms. The highest BCUT2D eigenvalue weighted by Gasteiger charge is 2.30. The molecule has 0 aliphatic carbocycles. The van der Waals surface area contributed by atoms with Crippen molar-refractivity contribution in [1.29, 1.82) is 0 Å². The number of amides is 3. The zero-order chi connectivity index (χ0) is 28.5. The molecule has 0 saturated carbocycles. The molecule has 0 radical (unpaired) electrons. The smallest absolute Gasteiger partial charge is 0.326 e. The summed E-state index contributed by atoms with van der Waals surface area (Å²) in [5.41, 5.74) is 22.7. The second kappa shape index (κ2) is 17.7. The van der Waals surface area contributed by atoms with Crippen LogP contribution in [0.3, 0.4) is 0 Å². The third-order valence-electron chi connectivity index (χ3n) is 5.60. The molecular weight excluding hydrogens is 496 g/mol. The lowest BCUT2D eigenvalue weighted by Crippen LogP contribution is -2.58. The highest BCUT2D eigenvalue weighted by Crippen LogP contribution is 2.06. The number of carbonyl (C=O) groups excluding carboxylic acids is 3. The van der Waals surface area contributed by atoms with Crippen LogP contribution in [-0.4, -0.2) is 83.7 Å². The number of carbonyl (C=O) groups is 4. The summed E-state index contributed by atoms with van der Waals surface area (Å²) >= 11 is 0. The maximum atomic E-state index is 13.0. The van der Waals surface area contributed by atoms with E-state index in [-0.39, 0.29) is 25.2 Å². The van der Waals surface area contributed by atoms with Gasteiger partial charge in [0, 0.05) is 13.0 Å². The number of nitrogens with one attached hydrogen (secondary N) is 3. The van der Waals surface area contributed by atoms with Crippen LogP contribution in [0.5, 0.6) is 0 Å². The van der Waals surface area contributed by atoms with Crippen molar-refractivity contribution in [2.75, 3.05) is 19.7 Å². The van der Waals surface area contributed by atoms with E-state index < -0.39 is 54.5 Å². The summed E-state index contributed by atoms with van der Waals surface area (Å²) < 4.78 is 0. The minimum Gasteiger partial charge on any atom is -0.480 e. The fourth-order valence-corrected chi connectivity index (χ4v) is 3.48. The zero-order valence-corrected chi connectivity index (χ0v) is 21.3. The van der Waals surface area contributed by atoms with Crippen LogP contribution >= 0.6 is 0 Å². The van der Waals surface area contributed by atoms with E-state index in [0.29, 0.717) is 37.9 Å². The van der Waals surface area contributed by atoms with E-state index in [4.69, 9.17) is 22.9 Å². The third-order valence-corrected chi connectivity index (χ3v) is 5.60. The Kier molecular flexibility index (Phi) is 15.0. The fourth-order valence-electron chi connectivity index (χ4n) is 3.48. The Morgan fingerprint density at radius 3 is 2.03 bits per heavy atom. The number of guanidine groups is 1. The predicted octanol–water partition coefficient (Wildman–Crippen LogP) is -2.73. The number of hydrogen-bond acceptors (Lipinski definition) is 8. The topological polar surface area (TPSA) is 261 Å². The van der Waals surface area contributed by atoms with Crippen LogP contribution in [0.2, 0.25) is 0 Å². The molecule has 4 atom stereocenters. The lowest BCUT2D eigenvalue weighted by molar-refractivity contribution is -0.142. The van der Waals surface area contributed by atoms with E-state index in [1.165, 1.54) is 0 Å². The molecule has 1 aromatic carbocycles. The lowest BCUT2D eigenvalue weighted by atomic mass is 10.0. The minimum atomic E-state index is -1.44. The summed E-state index contributed by atoms with van der Waals surface area (Å²) in [7, 11) is 0. The zero-order valence-electron chi connectivity index (χ0n) is 21.3. The van der Waals surface area contributed by atoms with Gasteiger partial charge in [-0.25, -0.2) is 4.79 Å². The number of benzene rings is 1. The van der Waals surface area contributed by atoms with Gasteiger partial charge >= 0.3 is 5.97 Å². The first kappa shape index (κ1) is 32.3. The highest BCUT2D eigenvalue weighted by atomic mass is 16.4. The number of carboxylic acids is 1. The quantitative estimate of drug-likeness (QED) is 0.0531. The monoisotopic (exact) mass is 536 g/mol. The summed E-state index contributed by atoms with van der Waals surface area (Å²) in [5.74, 6) is -3.54. The van der Waals surface area contributed by atoms with E-state index >= 15 is 0 Å². The average Bonchev–Trinajstić information content (AvgIpc) is 2.88. The van der Waals surface area contributed by atoms with Crippen LogP contribution in [0.25, 0.3) is 0 Å². The number of rotatable bonds is 18. The summed E-state index contributed by atoms with van der Waals surface area (Å²) in [6, 6.07) is 3.97. The Balaban J connectivity index is 2.82. The van der Waals surface area contributed by atoms with Gasteiger partial charge in [-0.3, -0.25) is 19.4 Å². The molecule has 3 amide bonds. The second-order valence-corrected chi connectivity index (χ2v) is 8.73. The van der Waals surface area contributed by atoms with Crippen LogP contribution in [0.4, 0.5) is 0 Å². The van der Waals surface area contributed by atoms with Crippen LogP contribution < -0.4 is 38.9 Å². The van der Waals surface area contributed by atoms with Crippen molar-refractivity contribution < 1.29 is 29.4 Å². The maximum absolute atomic E-state index is 13.0. The maximum Gasteiger partial charge on any atom is 0.326 e. The molecule has 0 fully saturated rings. The van der Waals surface area contributed by atoms with Gasteiger partial charge in [-0.05, 0) is 44.2 Å². The summed E-state index contributed by atoms with van der Waals surface area (Å²) in [6.07, 6.45) is 2.01. The summed E-state index contributed by atoms with van der Waals surface area (Å²) in [4.78, 5) is 53.8. The van der Waals surface area contributed by atoms with Gasteiger partial charge in [-0.2, -0.15) is 0 Å². The van der Waals surface area contributed by atoms with E-state index in [1.807, 2.05) is 0 Å². The second-order valence-electron chi connectivity index (χ2n) is 8.73. The normalized spacial score (nSPS) is 13.9. The van der Waals surface area contributed by atoms with Crippen molar-refractivity contribution in [2.24, 2.45) is 27.9 Å².